The predicted molar refractivity (Wildman–Crippen MR) is 213 cm³/mol. The van der Waals surface area contributed by atoms with E-state index in [1.54, 1.807) is 0 Å². The van der Waals surface area contributed by atoms with E-state index < -0.39 is 0 Å². The van der Waals surface area contributed by atoms with Crippen molar-refractivity contribution < 1.29 is 4.74 Å². The van der Waals surface area contributed by atoms with Gasteiger partial charge in [0.1, 0.15) is 11.9 Å². The summed E-state index contributed by atoms with van der Waals surface area (Å²) in [5.74, 6) is 1.27. The second kappa shape index (κ2) is 11.5. The zero-order valence-corrected chi connectivity index (χ0v) is 28.8. The van der Waals surface area contributed by atoms with E-state index in [0.717, 1.165) is 22.8 Å². The molecule has 2 aliphatic carbocycles. The van der Waals surface area contributed by atoms with Crippen LogP contribution in [-0.2, 0) is 5.41 Å². The Morgan fingerprint density at radius 2 is 1.14 bits per heavy atom. The van der Waals surface area contributed by atoms with Gasteiger partial charge in [0.15, 0.2) is 0 Å². The van der Waals surface area contributed by atoms with Crippen LogP contribution in [0.5, 0.6) is 5.75 Å². The molecule has 7 aromatic carbocycles. The first-order valence-corrected chi connectivity index (χ1v) is 17.9. The van der Waals surface area contributed by atoms with Crippen LogP contribution >= 0.6 is 0 Å². The summed E-state index contributed by atoms with van der Waals surface area (Å²) >= 11 is 0. The van der Waals surface area contributed by atoms with Crippen LogP contribution in [0.3, 0.4) is 0 Å². The van der Waals surface area contributed by atoms with Gasteiger partial charge in [0, 0.05) is 34.0 Å². The van der Waals surface area contributed by atoms with Crippen molar-refractivity contribution >= 4 is 27.8 Å². The largest absolute Gasteiger partial charge is 0.485 e. The van der Waals surface area contributed by atoms with Gasteiger partial charge in [0.05, 0.1) is 0 Å². The maximum Gasteiger partial charge on any atom is 0.128 e. The van der Waals surface area contributed by atoms with Gasteiger partial charge in [-0.2, -0.15) is 0 Å². The second-order valence-electron chi connectivity index (χ2n) is 14.5. The average molecular weight is 656 g/mol. The Labute approximate surface area is 299 Å². The summed E-state index contributed by atoms with van der Waals surface area (Å²) in [6, 6.07) is 55.7. The minimum Gasteiger partial charge on any atom is -0.485 e. The molecular weight excluding hydrogens is 619 g/mol. The SMILES string of the molecule is CC1(C)c2ccccc2-c2cc(N(c3ccc(-c4ccccc4)cc3)c3ccc(-c4ccc5c6c(ccc5c4)OC4C=CC=CC64)cc3)ccc21. The number of fused-ring (bicyclic) bond motifs is 8. The van der Waals surface area contributed by atoms with Crippen molar-refractivity contribution in [3.8, 4) is 39.1 Å². The van der Waals surface area contributed by atoms with Gasteiger partial charge < -0.3 is 9.64 Å². The van der Waals surface area contributed by atoms with Crippen LogP contribution in [0.25, 0.3) is 44.2 Å². The Morgan fingerprint density at radius 3 is 1.92 bits per heavy atom. The van der Waals surface area contributed by atoms with Crippen molar-refractivity contribution in [2.45, 2.75) is 31.3 Å². The Morgan fingerprint density at radius 1 is 0.510 bits per heavy atom. The van der Waals surface area contributed by atoms with Gasteiger partial charge in [-0.25, -0.2) is 0 Å². The monoisotopic (exact) mass is 655 g/mol. The third-order valence-electron chi connectivity index (χ3n) is 11.2. The number of rotatable bonds is 5. The number of hydrogen-bond acceptors (Lipinski definition) is 2. The Balaban J connectivity index is 1.04. The molecule has 0 amide bonds. The van der Waals surface area contributed by atoms with E-state index >= 15 is 0 Å². The lowest BCUT2D eigenvalue weighted by atomic mass is 9.82. The molecule has 0 saturated heterocycles. The second-order valence-corrected chi connectivity index (χ2v) is 14.5. The molecule has 10 rings (SSSR count). The first kappa shape index (κ1) is 29.8. The summed E-state index contributed by atoms with van der Waals surface area (Å²) in [4.78, 5) is 2.39. The Hall–Kier alpha value is -6.12. The van der Waals surface area contributed by atoms with E-state index in [1.165, 1.54) is 60.8 Å². The Kier molecular flexibility index (Phi) is 6.69. The molecule has 244 valence electrons. The van der Waals surface area contributed by atoms with E-state index in [-0.39, 0.29) is 17.4 Å². The predicted octanol–water partition coefficient (Wildman–Crippen LogP) is 12.9. The van der Waals surface area contributed by atoms with Crippen molar-refractivity contribution in [2.24, 2.45) is 0 Å². The summed E-state index contributed by atoms with van der Waals surface area (Å²) in [6.07, 6.45) is 8.74. The van der Waals surface area contributed by atoms with Crippen LogP contribution in [0, 0.1) is 0 Å². The fourth-order valence-electron chi connectivity index (χ4n) is 8.60. The molecule has 0 saturated carbocycles. The number of nitrogens with zero attached hydrogens (tertiary/aromatic N) is 1. The molecule has 51 heavy (non-hydrogen) atoms. The first-order chi connectivity index (χ1) is 25.0. The summed E-state index contributed by atoms with van der Waals surface area (Å²) < 4.78 is 6.28. The third-order valence-corrected chi connectivity index (χ3v) is 11.2. The molecule has 1 aliphatic heterocycles. The molecule has 1 heterocycles. The molecule has 2 heteroatoms. The molecule has 2 atom stereocenters. The molecule has 0 spiro atoms. The molecule has 7 aromatic rings. The Bertz CT molecular complexity index is 2520. The molecule has 2 nitrogen and oxygen atoms in total. The van der Waals surface area contributed by atoms with Crippen molar-refractivity contribution in [1.29, 1.82) is 0 Å². The van der Waals surface area contributed by atoms with E-state index in [0.29, 0.717) is 0 Å². The molecule has 0 aromatic heterocycles. The van der Waals surface area contributed by atoms with Gasteiger partial charge in [0.25, 0.3) is 0 Å². The number of anilines is 3. The molecular formula is C49H37NO. The fraction of sp³-hybridized carbons (Fsp3) is 0.102. The van der Waals surface area contributed by atoms with Crippen LogP contribution in [0.1, 0.15) is 36.5 Å². The lowest BCUT2D eigenvalue weighted by Gasteiger charge is -2.27. The molecule has 0 N–H and O–H groups in total. The highest BCUT2D eigenvalue weighted by molar-refractivity contribution is 5.93. The lowest BCUT2D eigenvalue weighted by molar-refractivity contribution is 0.269. The topological polar surface area (TPSA) is 12.5 Å². The molecule has 0 bridgehead atoms. The van der Waals surface area contributed by atoms with Gasteiger partial charge >= 0.3 is 0 Å². The molecule has 2 unspecified atom stereocenters. The fourth-order valence-corrected chi connectivity index (χ4v) is 8.60. The third kappa shape index (κ3) is 4.78. The van der Waals surface area contributed by atoms with Gasteiger partial charge in [-0.1, -0.05) is 135 Å². The molecule has 0 fully saturated rings. The van der Waals surface area contributed by atoms with Crippen molar-refractivity contribution in [3.05, 3.63) is 193 Å². The standard InChI is InChI=1S/C49H37NO/c1-49(2)44-14-8-6-12-41(44)43-31-39(26-28-45(43)49)50(37-22-16-33(17-23-37)32-10-4-3-5-11-32)38-24-18-34(19-25-38)35-20-27-40-36(30-35)21-29-47-48(40)42-13-7-9-15-46(42)51-47/h3-31,42,46H,1-2H3. The van der Waals surface area contributed by atoms with Crippen molar-refractivity contribution in [2.75, 3.05) is 4.90 Å². The maximum absolute atomic E-state index is 6.28. The summed E-state index contributed by atoms with van der Waals surface area (Å²) in [7, 11) is 0. The number of allylic oxidation sites excluding steroid dienone is 2. The van der Waals surface area contributed by atoms with E-state index in [2.05, 4.69) is 195 Å². The number of benzene rings is 7. The van der Waals surface area contributed by atoms with Crippen molar-refractivity contribution in [3.63, 3.8) is 0 Å². The zero-order valence-electron chi connectivity index (χ0n) is 28.8. The van der Waals surface area contributed by atoms with Crippen LogP contribution in [0.15, 0.2) is 176 Å². The van der Waals surface area contributed by atoms with Crippen molar-refractivity contribution in [1.82, 2.24) is 0 Å². The lowest BCUT2D eigenvalue weighted by Crippen LogP contribution is -2.15. The van der Waals surface area contributed by atoms with Crippen LogP contribution < -0.4 is 9.64 Å². The highest BCUT2D eigenvalue weighted by Crippen LogP contribution is 2.51. The van der Waals surface area contributed by atoms with E-state index in [4.69, 9.17) is 4.74 Å². The highest BCUT2D eigenvalue weighted by Gasteiger charge is 2.36. The minimum absolute atomic E-state index is 0.0346. The summed E-state index contributed by atoms with van der Waals surface area (Å²) in [5.41, 5.74) is 14.9. The summed E-state index contributed by atoms with van der Waals surface area (Å²) in [5, 5.41) is 2.51. The smallest absolute Gasteiger partial charge is 0.128 e. The van der Waals surface area contributed by atoms with E-state index in [1.807, 2.05) is 0 Å². The van der Waals surface area contributed by atoms with E-state index in [9.17, 15) is 0 Å². The van der Waals surface area contributed by atoms with Crippen LogP contribution in [0.4, 0.5) is 17.1 Å². The number of hydrogen-bond donors (Lipinski definition) is 0. The maximum atomic E-state index is 6.28. The highest BCUT2D eigenvalue weighted by atomic mass is 16.5. The summed E-state index contributed by atoms with van der Waals surface area (Å²) in [6.45, 7) is 4.68. The number of ether oxygens (including phenoxy) is 1. The average Bonchev–Trinajstić information content (AvgIpc) is 3.68. The van der Waals surface area contributed by atoms with Gasteiger partial charge in [-0.15, -0.1) is 0 Å². The van der Waals surface area contributed by atoms with Gasteiger partial charge in [0.2, 0.25) is 0 Å². The van der Waals surface area contributed by atoms with Crippen LogP contribution in [-0.4, -0.2) is 6.10 Å². The van der Waals surface area contributed by atoms with Gasteiger partial charge in [-0.3, -0.25) is 0 Å². The molecule has 3 aliphatic rings. The molecule has 0 radical (unpaired) electrons. The van der Waals surface area contributed by atoms with Gasteiger partial charge in [-0.05, 0) is 110 Å². The quantitative estimate of drug-likeness (QED) is 0.183. The zero-order chi connectivity index (χ0) is 34.1. The minimum atomic E-state index is -0.0346. The first-order valence-electron chi connectivity index (χ1n) is 17.9. The van der Waals surface area contributed by atoms with Crippen LogP contribution in [0.2, 0.25) is 0 Å². The normalized spacial score (nSPS) is 17.4.